The van der Waals surface area contributed by atoms with Gasteiger partial charge in [0.2, 0.25) is 0 Å². The molecule has 21 heavy (non-hydrogen) atoms. The van der Waals surface area contributed by atoms with Crippen molar-refractivity contribution in [2.75, 3.05) is 0 Å². The third-order valence-electron chi connectivity index (χ3n) is 1.99. The molecular weight excluding hydrogens is 256 g/mol. The predicted octanol–water partition coefficient (Wildman–Crippen LogP) is 6.61. The highest BCUT2D eigenvalue weighted by molar-refractivity contribution is 5.72. The van der Waals surface area contributed by atoms with E-state index in [2.05, 4.69) is 79.7 Å². The highest BCUT2D eigenvalue weighted by Crippen LogP contribution is 2.00. The first-order chi connectivity index (χ1) is 9.52. The van der Waals surface area contributed by atoms with Crippen LogP contribution in [0.4, 0.5) is 0 Å². The molecule has 0 N–H and O–H groups in total. The molecule has 1 rings (SSSR count). The Bertz CT molecular complexity index is 313. The van der Waals surface area contributed by atoms with Gasteiger partial charge in [-0.25, -0.2) is 0 Å². The van der Waals surface area contributed by atoms with Gasteiger partial charge in [-0.3, -0.25) is 0 Å². The summed E-state index contributed by atoms with van der Waals surface area (Å²) in [6.07, 6.45) is 1.31. The second-order valence-electron chi connectivity index (χ2n) is 6.60. The number of rotatable bonds is 1. The molecule has 1 heteroatoms. The lowest BCUT2D eigenvalue weighted by molar-refractivity contribution is -0.114. The van der Waals surface area contributed by atoms with E-state index in [-0.39, 0.29) is 5.78 Å². The van der Waals surface area contributed by atoms with Crippen LogP contribution in [0.15, 0.2) is 24.3 Å². The summed E-state index contributed by atoms with van der Waals surface area (Å²) >= 11 is 0. The van der Waals surface area contributed by atoms with Crippen LogP contribution in [-0.4, -0.2) is 5.78 Å². The largest absolute Gasteiger partial charge is 0.300 e. The zero-order valence-electron chi connectivity index (χ0n) is 16.1. The van der Waals surface area contributed by atoms with Crippen molar-refractivity contribution >= 4 is 5.78 Å². The molecule has 0 aromatic heterocycles. The van der Waals surface area contributed by atoms with Crippen molar-refractivity contribution in [3.05, 3.63) is 35.4 Å². The third-order valence-corrected chi connectivity index (χ3v) is 1.99. The Kier molecular flexibility index (Phi) is 20.1. The van der Waals surface area contributed by atoms with Crippen molar-refractivity contribution in [2.45, 2.75) is 75.7 Å². The SMILES string of the molecule is CC(C)=O.CC(C)C.CCC(C)C.Cc1cccc(C)c1. The van der Waals surface area contributed by atoms with E-state index in [9.17, 15) is 4.79 Å². The minimum atomic E-state index is 0.167. The van der Waals surface area contributed by atoms with Gasteiger partial charge < -0.3 is 4.79 Å². The van der Waals surface area contributed by atoms with Crippen molar-refractivity contribution in [1.82, 2.24) is 0 Å². The number of aryl methyl sites for hydroxylation is 2. The minimum Gasteiger partial charge on any atom is -0.300 e. The second kappa shape index (κ2) is 16.9. The Labute approximate surface area is 134 Å². The lowest BCUT2D eigenvalue weighted by Gasteiger charge is -1.90. The summed E-state index contributed by atoms with van der Waals surface area (Å²) in [4.78, 5) is 9.44. The fourth-order valence-electron chi connectivity index (χ4n) is 0.807. The molecule has 1 nitrogen and oxygen atoms in total. The lowest BCUT2D eigenvalue weighted by atomic mass is 10.2. The smallest absolute Gasteiger partial charge is 0.126 e. The van der Waals surface area contributed by atoms with E-state index in [1.54, 1.807) is 0 Å². The Morgan fingerprint density at radius 3 is 1.29 bits per heavy atom. The van der Waals surface area contributed by atoms with E-state index >= 15 is 0 Å². The maximum atomic E-state index is 9.44. The molecule has 124 valence electrons. The van der Waals surface area contributed by atoms with Gasteiger partial charge in [0.1, 0.15) is 5.78 Å². The summed E-state index contributed by atoms with van der Waals surface area (Å²) in [6.45, 7) is 20.4. The monoisotopic (exact) mass is 294 g/mol. The van der Waals surface area contributed by atoms with Crippen LogP contribution in [0.1, 0.15) is 72.9 Å². The molecule has 0 bridgehead atoms. The normalized spacial score (nSPS) is 8.76. The molecule has 0 saturated carbocycles. The van der Waals surface area contributed by atoms with Gasteiger partial charge in [-0.2, -0.15) is 0 Å². The van der Waals surface area contributed by atoms with Gasteiger partial charge in [-0.05, 0) is 39.5 Å². The number of carbonyl (C=O) groups is 1. The van der Waals surface area contributed by atoms with E-state index in [1.807, 2.05) is 0 Å². The fraction of sp³-hybridized carbons (Fsp3) is 0.650. The molecule has 0 unspecified atom stereocenters. The number of benzene rings is 1. The first-order valence-corrected chi connectivity index (χ1v) is 8.03. The molecule has 0 spiro atoms. The highest BCUT2D eigenvalue weighted by atomic mass is 16.1. The summed E-state index contributed by atoms with van der Waals surface area (Å²) in [5.74, 6) is 1.88. The summed E-state index contributed by atoms with van der Waals surface area (Å²) < 4.78 is 0. The molecule has 0 amide bonds. The lowest BCUT2D eigenvalue weighted by Crippen LogP contribution is -1.77. The van der Waals surface area contributed by atoms with Gasteiger partial charge in [-0.1, -0.05) is 83.4 Å². The molecule has 0 aliphatic heterocycles. The van der Waals surface area contributed by atoms with E-state index in [0.717, 1.165) is 11.8 Å². The summed E-state index contributed by atoms with van der Waals surface area (Å²) in [5.41, 5.74) is 2.68. The Balaban J connectivity index is -0.000000219. The zero-order valence-corrected chi connectivity index (χ0v) is 16.1. The van der Waals surface area contributed by atoms with Crippen LogP contribution in [0.3, 0.4) is 0 Å². The molecular formula is C20H38O. The number of hydrogen-bond acceptors (Lipinski definition) is 1. The Morgan fingerprint density at radius 2 is 1.19 bits per heavy atom. The quantitative estimate of drug-likeness (QED) is 0.569. The van der Waals surface area contributed by atoms with Crippen LogP contribution in [0, 0.1) is 25.7 Å². The third kappa shape index (κ3) is 45.4. The van der Waals surface area contributed by atoms with Gasteiger partial charge in [0.15, 0.2) is 0 Å². The van der Waals surface area contributed by atoms with E-state index in [4.69, 9.17) is 0 Å². The molecule has 0 aliphatic rings. The standard InChI is InChI=1S/C8H10.C5H12.C4H10.C3H6O/c1-7-4-3-5-8(2)6-7;1-4-5(2)3;1-4(2)3;1-3(2)4/h3-6H,1-2H3;5H,4H2,1-3H3;4H,1-3H3;1-2H3. The number of carbonyl (C=O) groups excluding carboxylic acids is 1. The first-order valence-electron chi connectivity index (χ1n) is 8.03. The minimum absolute atomic E-state index is 0.167. The topological polar surface area (TPSA) is 17.1 Å². The van der Waals surface area contributed by atoms with Gasteiger partial charge in [-0.15, -0.1) is 0 Å². The summed E-state index contributed by atoms with van der Waals surface area (Å²) in [7, 11) is 0. The molecule has 0 atom stereocenters. The average molecular weight is 295 g/mol. The van der Waals surface area contributed by atoms with Crippen molar-refractivity contribution in [2.24, 2.45) is 11.8 Å². The maximum Gasteiger partial charge on any atom is 0.126 e. The van der Waals surface area contributed by atoms with Crippen molar-refractivity contribution in [3.8, 4) is 0 Å². The van der Waals surface area contributed by atoms with Gasteiger partial charge >= 0.3 is 0 Å². The molecule has 1 aromatic rings. The second-order valence-corrected chi connectivity index (χ2v) is 6.60. The first kappa shape index (κ1) is 24.9. The molecule has 0 fully saturated rings. The molecule has 1 aromatic carbocycles. The van der Waals surface area contributed by atoms with Crippen molar-refractivity contribution in [1.29, 1.82) is 0 Å². The number of hydrogen-bond donors (Lipinski definition) is 0. The van der Waals surface area contributed by atoms with Crippen LogP contribution < -0.4 is 0 Å². The van der Waals surface area contributed by atoms with Gasteiger partial charge in [0.05, 0.1) is 0 Å². The van der Waals surface area contributed by atoms with Crippen LogP contribution >= 0.6 is 0 Å². The Morgan fingerprint density at radius 1 is 0.952 bits per heavy atom. The maximum absolute atomic E-state index is 9.44. The van der Waals surface area contributed by atoms with Gasteiger partial charge in [0, 0.05) is 0 Å². The van der Waals surface area contributed by atoms with Gasteiger partial charge in [0.25, 0.3) is 0 Å². The highest BCUT2D eigenvalue weighted by Gasteiger charge is 1.81. The number of ketones is 1. The van der Waals surface area contributed by atoms with E-state index in [0.29, 0.717) is 0 Å². The van der Waals surface area contributed by atoms with Crippen molar-refractivity contribution < 1.29 is 4.79 Å². The van der Waals surface area contributed by atoms with Crippen molar-refractivity contribution in [3.63, 3.8) is 0 Å². The summed E-state index contributed by atoms with van der Waals surface area (Å²) in [5, 5.41) is 0. The van der Waals surface area contributed by atoms with Crippen LogP contribution in [0.25, 0.3) is 0 Å². The molecule has 0 radical (unpaired) electrons. The fourth-order valence-corrected chi connectivity index (χ4v) is 0.807. The predicted molar refractivity (Wildman–Crippen MR) is 97.9 cm³/mol. The molecule has 0 aliphatic carbocycles. The van der Waals surface area contributed by atoms with Crippen LogP contribution in [0.5, 0.6) is 0 Å². The Hall–Kier alpha value is -1.11. The zero-order chi connectivity index (χ0) is 17.4. The van der Waals surface area contributed by atoms with E-state index in [1.165, 1.54) is 31.4 Å². The average Bonchev–Trinajstić information content (AvgIpc) is 2.27. The van der Waals surface area contributed by atoms with Crippen LogP contribution in [0.2, 0.25) is 0 Å². The molecule has 0 saturated heterocycles. The van der Waals surface area contributed by atoms with Crippen LogP contribution in [-0.2, 0) is 4.79 Å². The number of Topliss-reactive ketones (excluding diaryl/α,β-unsaturated/α-hetero) is 1. The molecule has 0 heterocycles. The van der Waals surface area contributed by atoms with E-state index < -0.39 is 0 Å². The summed E-state index contributed by atoms with van der Waals surface area (Å²) in [6, 6.07) is 8.45.